The van der Waals surface area contributed by atoms with Gasteiger partial charge in [-0.2, -0.15) is 0 Å². The fourth-order valence-electron chi connectivity index (χ4n) is 3.01. The topological polar surface area (TPSA) is 46.5 Å². The number of rotatable bonds is 7. The molecule has 0 aliphatic heterocycles. The third kappa shape index (κ3) is 3.35. The van der Waals surface area contributed by atoms with Gasteiger partial charge in [0.1, 0.15) is 5.75 Å². The van der Waals surface area contributed by atoms with Crippen LogP contribution < -0.4 is 4.74 Å². The quantitative estimate of drug-likeness (QED) is 0.603. The van der Waals surface area contributed by atoms with Gasteiger partial charge in [0.15, 0.2) is 0 Å². The molecule has 0 spiro atoms. The number of carboxylic acids is 1. The normalized spacial score (nSPS) is 18.6. The maximum Gasteiger partial charge on any atom is 0.307 e. The highest BCUT2D eigenvalue weighted by atomic mass is 79.9. The molecule has 0 saturated carbocycles. The maximum atomic E-state index is 11.3. The van der Waals surface area contributed by atoms with Gasteiger partial charge in [-0.15, -0.1) is 0 Å². The molecule has 1 N–H and O–H groups in total. The zero-order chi connectivity index (χ0) is 14.5. The second-order valence-electron chi connectivity index (χ2n) is 5.25. The molecule has 2 atom stereocenters. The van der Waals surface area contributed by atoms with Gasteiger partial charge in [-0.1, -0.05) is 28.9 Å². The summed E-state index contributed by atoms with van der Waals surface area (Å²) in [5, 5.41) is 10.3. The van der Waals surface area contributed by atoms with Crippen LogP contribution in [0.15, 0.2) is 18.2 Å². The van der Waals surface area contributed by atoms with E-state index >= 15 is 0 Å². The minimum absolute atomic E-state index is 0.157. The number of fused-ring (bicyclic) bond motifs is 1. The molecule has 20 heavy (non-hydrogen) atoms. The summed E-state index contributed by atoms with van der Waals surface area (Å²) >= 11 is 3.38. The van der Waals surface area contributed by atoms with E-state index in [0.29, 0.717) is 13.0 Å². The molecule has 0 saturated heterocycles. The summed E-state index contributed by atoms with van der Waals surface area (Å²) < 4.78 is 5.69. The van der Waals surface area contributed by atoms with Crippen LogP contribution in [0.5, 0.6) is 5.75 Å². The fraction of sp³-hybridized carbons (Fsp3) is 0.562. The first-order valence-corrected chi connectivity index (χ1v) is 8.34. The summed E-state index contributed by atoms with van der Waals surface area (Å²) in [5.74, 6) is 0.109. The molecule has 4 heteroatoms. The Bertz CT molecular complexity index is 473. The monoisotopic (exact) mass is 340 g/mol. The average Bonchev–Trinajstić information content (AvgIpc) is 2.83. The first-order chi connectivity index (χ1) is 9.67. The van der Waals surface area contributed by atoms with E-state index in [1.807, 2.05) is 13.0 Å². The van der Waals surface area contributed by atoms with Crippen molar-refractivity contribution in [3.63, 3.8) is 0 Å². The van der Waals surface area contributed by atoms with Gasteiger partial charge in [0, 0.05) is 5.33 Å². The summed E-state index contributed by atoms with van der Waals surface area (Å²) in [5.41, 5.74) is 2.46. The molecular weight excluding hydrogens is 320 g/mol. The Hall–Kier alpha value is -1.03. The number of carbonyl (C=O) groups is 1. The maximum absolute atomic E-state index is 11.3. The van der Waals surface area contributed by atoms with Crippen LogP contribution in [-0.2, 0) is 11.2 Å². The minimum atomic E-state index is -0.678. The van der Waals surface area contributed by atoms with Crippen LogP contribution >= 0.6 is 15.9 Å². The van der Waals surface area contributed by atoms with Crippen LogP contribution in [0, 0.1) is 5.92 Å². The summed E-state index contributed by atoms with van der Waals surface area (Å²) in [6.07, 6.45) is 3.56. The number of ether oxygens (including phenoxy) is 1. The van der Waals surface area contributed by atoms with E-state index in [2.05, 4.69) is 28.1 Å². The molecule has 0 unspecified atom stereocenters. The lowest BCUT2D eigenvalue weighted by atomic mass is 9.85. The standard InChI is InChI=1S/C16H21BrO3/c1-2-13(16(18)19)15-6-4-11-10-12(5-7-14(11)15)20-9-3-8-17/h5,7,10,13,15H,2-4,6,8-9H2,1H3,(H,18,19)/t13-,15-/m0/s1. The Kier molecular flexibility index (Phi) is 5.46. The highest BCUT2D eigenvalue weighted by Crippen LogP contribution is 2.41. The summed E-state index contributed by atoms with van der Waals surface area (Å²) in [6.45, 7) is 2.66. The van der Waals surface area contributed by atoms with Gasteiger partial charge < -0.3 is 9.84 Å². The molecule has 0 radical (unpaired) electrons. The van der Waals surface area contributed by atoms with Gasteiger partial charge in [0.25, 0.3) is 0 Å². The highest BCUT2D eigenvalue weighted by molar-refractivity contribution is 9.09. The van der Waals surface area contributed by atoms with Crippen molar-refractivity contribution in [2.75, 3.05) is 11.9 Å². The van der Waals surface area contributed by atoms with Crippen LogP contribution in [0.2, 0.25) is 0 Å². The Morgan fingerprint density at radius 2 is 2.35 bits per heavy atom. The van der Waals surface area contributed by atoms with Gasteiger partial charge in [0.05, 0.1) is 12.5 Å². The van der Waals surface area contributed by atoms with E-state index in [9.17, 15) is 9.90 Å². The van der Waals surface area contributed by atoms with E-state index < -0.39 is 5.97 Å². The summed E-state index contributed by atoms with van der Waals surface area (Å²) in [6, 6.07) is 6.11. The Balaban J connectivity index is 2.11. The number of carboxylic acid groups (broad SMARTS) is 1. The van der Waals surface area contributed by atoms with E-state index in [1.165, 1.54) is 11.1 Å². The lowest BCUT2D eigenvalue weighted by Crippen LogP contribution is -2.19. The molecule has 0 amide bonds. The molecule has 1 aliphatic rings. The Morgan fingerprint density at radius 3 is 3.00 bits per heavy atom. The van der Waals surface area contributed by atoms with Gasteiger partial charge in [-0.05, 0) is 54.9 Å². The number of hydrogen-bond donors (Lipinski definition) is 1. The fourth-order valence-corrected chi connectivity index (χ4v) is 3.24. The first-order valence-electron chi connectivity index (χ1n) is 7.21. The van der Waals surface area contributed by atoms with E-state index in [-0.39, 0.29) is 11.8 Å². The second-order valence-corrected chi connectivity index (χ2v) is 6.04. The third-order valence-corrected chi connectivity index (χ3v) is 4.59. The highest BCUT2D eigenvalue weighted by Gasteiger charge is 2.33. The zero-order valence-corrected chi connectivity index (χ0v) is 13.4. The molecule has 0 bridgehead atoms. The summed E-state index contributed by atoms with van der Waals surface area (Å²) in [7, 11) is 0. The van der Waals surface area contributed by atoms with Gasteiger partial charge in [-0.25, -0.2) is 0 Å². The van der Waals surface area contributed by atoms with Crippen molar-refractivity contribution in [3.8, 4) is 5.75 Å². The predicted octanol–water partition coefficient (Wildman–Crippen LogP) is 3.99. The molecule has 0 fully saturated rings. The van der Waals surface area contributed by atoms with Crippen LogP contribution in [-0.4, -0.2) is 23.0 Å². The van der Waals surface area contributed by atoms with Crippen LogP contribution in [0.4, 0.5) is 0 Å². The van der Waals surface area contributed by atoms with E-state index in [0.717, 1.165) is 30.3 Å². The largest absolute Gasteiger partial charge is 0.494 e. The molecular formula is C16H21BrO3. The molecule has 0 aromatic heterocycles. The molecule has 1 aromatic carbocycles. The Labute approximate surface area is 128 Å². The van der Waals surface area contributed by atoms with E-state index in [1.54, 1.807) is 0 Å². The van der Waals surface area contributed by atoms with Crippen molar-refractivity contribution in [1.82, 2.24) is 0 Å². The first kappa shape index (κ1) is 15.4. The number of halogens is 1. The Morgan fingerprint density at radius 1 is 1.55 bits per heavy atom. The SMILES string of the molecule is CC[C@H](C(=O)O)[C@@H]1CCc2cc(OCCCBr)ccc21. The smallest absolute Gasteiger partial charge is 0.307 e. The van der Waals surface area contributed by atoms with Crippen molar-refractivity contribution in [2.24, 2.45) is 5.92 Å². The molecule has 3 nitrogen and oxygen atoms in total. The third-order valence-electron chi connectivity index (χ3n) is 4.03. The van der Waals surface area contributed by atoms with E-state index in [4.69, 9.17) is 4.74 Å². The van der Waals surface area contributed by atoms with Crippen LogP contribution in [0.1, 0.15) is 43.2 Å². The zero-order valence-electron chi connectivity index (χ0n) is 11.8. The molecule has 0 heterocycles. The number of hydrogen-bond acceptors (Lipinski definition) is 2. The summed E-state index contributed by atoms with van der Waals surface area (Å²) in [4.78, 5) is 11.3. The second kappa shape index (κ2) is 7.11. The lowest BCUT2D eigenvalue weighted by molar-refractivity contribution is -0.142. The van der Waals surface area contributed by atoms with Gasteiger partial charge >= 0.3 is 5.97 Å². The van der Waals surface area contributed by atoms with Crippen molar-refractivity contribution in [1.29, 1.82) is 0 Å². The number of aliphatic carboxylic acids is 1. The van der Waals surface area contributed by atoms with Gasteiger partial charge in [-0.3, -0.25) is 4.79 Å². The van der Waals surface area contributed by atoms with Crippen molar-refractivity contribution in [2.45, 2.75) is 38.5 Å². The van der Waals surface area contributed by atoms with Crippen molar-refractivity contribution in [3.05, 3.63) is 29.3 Å². The van der Waals surface area contributed by atoms with Crippen LogP contribution in [0.3, 0.4) is 0 Å². The molecule has 110 valence electrons. The number of benzene rings is 1. The number of alkyl halides is 1. The molecule has 1 aliphatic carbocycles. The van der Waals surface area contributed by atoms with Crippen molar-refractivity contribution < 1.29 is 14.6 Å². The van der Waals surface area contributed by atoms with Gasteiger partial charge in [0.2, 0.25) is 0 Å². The molecule has 2 rings (SSSR count). The van der Waals surface area contributed by atoms with Crippen molar-refractivity contribution >= 4 is 21.9 Å². The number of aryl methyl sites for hydroxylation is 1. The predicted molar refractivity (Wildman–Crippen MR) is 82.8 cm³/mol. The van der Waals surface area contributed by atoms with Crippen LogP contribution in [0.25, 0.3) is 0 Å². The lowest BCUT2D eigenvalue weighted by Gasteiger charge is -2.19. The molecule has 1 aromatic rings. The average molecular weight is 341 g/mol. The minimum Gasteiger partial charge on any atom is -0.494 e.